The Morgan fingerprint density at radius 3 is 2.58 bits per heavy atom. The van der Waals surface area contributed by atoms with Gasteiger partial charge in [-0.3, -0.25) is 0 Å². The van der Waals surface area contributed by atoms with Crippen LogP contribution in [-0.2, 0) is 19.6 Å². The van der Waals surface area contributed by atoms with Gasteiger partial charge in [-0.2, -0.15) is 0 Å². The molecule has 0 radical (unpaired) electrons. The van der Waals surface area contributed by atoms with Gasteiger partial charge in [0.1, 0.15) is 6.04 Å². The van der Waals surface area contributed by atoms with Crippen molar-refractivity contribution < 1.29 is 17.9 Å². The predicted molar refractivity (Wildman–Crippen MR) is 75.2 cm³/mol. The topological polar surface area (TPSA) is 98.5 Å². The Kier molecular flexibility index (Phi) is 5.33. The molecule has 0 aromatic heterocycles. The van der Waals surface area contributed by atoms with Gasteiger partial charge in [-0.05, 0) is 40.5 Å². The fourth-order valence-electron chi connectivity index (χ4n) is 1.45. The summed E-state index contributed by atoms with van der Waals surface area (Å²) in [4.78, 5) is 11.5. The fraction of sp³-hybridized carbons (Fsp3) is 0.364. The molecule has 0 saturated carbocycles. The molecular weight excluding hydrogens is 336 g/mol. The van der Waals surface area contributed by atoms with Crippen LogP contribution in [0.1, 0.15) is 13.3 Å². The van der Waals surface area contributed by atoms with Crippen LogP contribution in [0.3, 0.4) is 0 Å². The number of hydrogen-bond acceptors (Lipinski definition) is 5. The van der Waals surface area contributed by atoms with Crippen molar-refractivity contribution in [1.82, 2.24) is 0 Å². The van der Waals surface area contributed by atoms with Crippen molar-refractivity contribution in [3.8, 4) is 0 Å². The molecule has 106 valence electrons. The highest BCUT2D eigenvalue weighted by molar-refractivity contribution is 9.10. The van der Waals surface area contributed by atoms with Gasteiger partial charge in [-0.25, -0.2) is 18.4 Å². The maximum absolute atomic E-state index is 11.5. The first kappa shape index (κ1) is 15.9. The fourth-order valence-corrected chi connectivity index (χ4v) is 2.63. The summed E-state index contributed by atoms with van der Waals surface area (Å²) >= 11 is 3.23. The number of nitrogens with one attached hydrogen (secondary N) is 1. The van der Waals surface area contributed by atoms with Crippen molar-refractivity contribution in [2.45, 2.75) is 24.3 Å². The molecule has 0 aliphatic rings. The van der Waals surface area contributed by atoms with Crippen LogP contribution in [0, 0.1) is 0 Å². The van der Waals surface area contributed by atoms with Crippen molar-refractivity contribution >= 4 is 37.6 Å². The Bertz CT molecular complexity index is 574. The summed E-state index contributed by atoms with van der Waals surface area (Å²) in [5.74, 6) is -0.384. The van der Waals surface area contributed by atoms with E-state index in [4.69, 9.17) is 5.14 Å². The molecule has 19 heavy (non-hydrogen) atoms. The standard InChI is InChI=1S/C11H15BrN2O4S/c1-3-9(11(15)18-2)14-10-5-4-7(6-8(10)12)19(13,16)17/h4-6,9,14H,3H2,1-2H3,(H2,13,16,17). The van der Waals surface area contributed by atoms with Crippen molar-refractivity contribution in [2.75, 3.05) is 12.4 Å². The van der Waals surface area contributed by atoms with E-state index in [1.807, 2.05) is 6.92 Å². The van der Waals surface area contributed by atoms with Crippen LogP contribution in [-0.4, -0.2) is 27.5 Å². The number of benzene rings is 1. The molecule has 1 aromatic rings. The smallest absolute Gasteiger partial charge is 0.328 e. The minimum Gasteiger partial charge on any atom is -0.467 e. The van der Waals surface area contributed by atoms with E-state index in [1.54, 1.807) is 0 Å². The van der Waals surface area contributed by atoms with Gasteiger partial charge in [0, 0.05) is 10.2 Å². The maximum Gasteiger partial charge on any atom is 0.328 e. The lowest BCUT2D eigenvalue weighted by Crippen LogP contribution is -2.30. The first-order valence-electron chi connectivity index (χ1n) is 5.46. The molecule has 1 unspecified atom stereocenters. The number of anilines is 1. The molecule has 0 aliphatic carbocycles. The number of rotatable bonds is 5. The lowest BCUT2D eigenvalue weighted by atomic mass is 10.2. The average Bonchev–Trinajstić information content (AvgIpc) is 2.35. The van der Waals surface area contributed by atoms with E-state index in [2.05, 4.69) is 26.0 Å². The Hall–Kier alpha value is -1.12. The highest BCUT2D eigenvalue weighted by atomic mass is 79.9. The molecule has 1 atom stereocenters. The van der Waals surface area contributed by atoms with Crippen LogP contribution in [0.4, 0.5) is 5.69 Å². The molecule has 6 nitrogen and oxygen atoms in total. The van der Waals surface area contributed by atoms with Gasteiger partial charge in [0.25, 0.3) is 0 Å². The van der Waals surface area contributed by atoms with Gasteiger partial charge >= 0.3 is 5.97 Å². The van der Waals surface area contributed by atoms with E-state index >= 15 is 0 Å². The predicted octanol–water partition coefficient (Wildman–Crippen LogP) is 1.46. The maximum atomic E-state index is 11.5. The molecule has 1 aromatic carbocycles. The summed E-state index contributed by atoms with van der Waals surface area (Å²) in [6, 6.07) is 3.78. The van der Waals surface area contributed by atoms with Gasteiger partial charge in [0.05, 0.1) is 12.0 Å². The summed E-state index contributed by atoms with van der Waals surface area (Å²) in [6.07, 6.45) is 0.538. The van der Waals surface area contributed by atoms with E-state index < -0.39 is 16.1 Å². The number of carbonyl (C=O) groups is 1. The highest BCUT2D eigenvalue weighted by Crippen LogP contribution is 2.26. The van der Waals surface area contributed by atoms with E-state index in [1.165, 1.54) is 25.3 Å². The largest absolute Gasteiger partial charge is 0.467 e. The first-order chi connectivity index (χ1) is 8.79. The van der Waals surface area contributed by atoms with Gasteiger partial charge in [-0.1, -0.05) is 6.92 Å². The summed E-state index contributed by atoms with van der Waals surface area (Å²) in [5.41, 5.74) is 0.588. The number of halogens is 1. The third-order valence-electron chi connectivity index (χ3n) is 2.49. The van der Waals surface area contributed by atoms with E-state index in [0.29, 0.717) is 16.6 Å². The second-order valence-electron chi connectivity index (χ2n) is 3.81. The third kappa shape index (κ3) is 4.19. The molecule has 0 fully saturated rings. The van der Waals surface area contributed by atoms with Crippen LogP contribution in [0.5, 0.6) is 0 Å². The summed E-state index contributed by atoms with van der Waals surface area (Å²) in [5, 5.41) is 8.00. The lowest BCUT2D eigenvalue weighted by molar-refractivity contribution is -0.141. The minimum absolute atomic E-state index is 0.00367. The van der Waals surface area contributed by atoms with Crippen molar-refractivity contribution in [3.05, 3.63) is 22.7 Å². The van der Waals surface area contributed by atoms with Gasteiger partial charge in [-0.15, -0.1) is 0 Å². The van der Waals surface area contributed by atoms with Crippen molar-refractivity contribution in [2.24, 2.45) is 5.14 Å². The van der Waals surface area contributed by atoms with Gasteiger partial charge < -0.3 is 10.1 Å². The molecule has 3 N–H and O–H groups in total. The zero-order chi connectivity index (χ0) is 14.6. The van der Waals surface area contributed by atoms with E-state index in [-0.39, 0.29) is 10.9 Å². The highest BCUT2D eigenvalue weighted by Gasteiger charge is 2.18. The van der Waals surface area contributed by atoms with E-state index in [9.17, 15) is 13.2 Å². The van der Waals surface area contributed by atoms with Crippen LogP contribution < -0.4 is 10.5 Å². The number of esters is 1. The molecule has 0 saturated heterocycles. The zero-order valence-corrected chi connectivity index (χ0v) is 12.9. The van der Waals surface area contributed by atoms with Crippen LogP contribution in [0.25, 0.3) is 0 Å². The molecule has 0 amide bonds. The second-order valence-corrected chi connectivity index (χ2v) is 6.23. The first-order valence-corrected chi connectivity index (χ1v) is 7.80. The van der Waals surface area contributed by atoms with Gasteiger partial charge in [0.2, 0.25) is 10.0 Å². The number of primary sulfonamides is 1. The van der Waals surface area contributed by atoms with E-state index in [0.717, 1.165) is 0 Å². The number of carbonyl (C=O) groups excluding carboxylic acids is 1. The minimum atomic E-state index is -3.75. The normalized spacial score (nSPS) is 12.8. The SMILES string of the molecule is CCC(Nc1ccc(S(N)(=O)=O)cc1Br)C(=O)OC. The molecule has 8 heteroatoms. The van der Waals surface area contributed by atoms with Crippen LogP contribution >= 0.6 is 15.9 Å². The average molecular weight is 351 g/mol. The number of methoxy groups -OCH3 is 1. The number of sulfonamides is 1. The lowest BCUT2D eigenvalue weighted by Gasteiger charge is -2.17. The molecule has 0 spiro atoms. The monoisotopic (exact) mass is 350 g/mol. The Balaban J connectivity index is 3.01. The molecule has 0 aliphatic heterocycles. The van der Waals surface area contributed by atoms with Gasteiger partial charge in [0.15, 0.2) is 0 Å². The summed E-state index contributed by atoms with van der Waals surface area (Å²) in [7, 11) is -2.44. The third-order valence-corrected chi connectivity index (χ3v) is 4.06. The molecular formula is C11H15BrN2O4S. The second kappa shape index (κ2) is 6.36. The Morgan fingerprint density at radius 1 is 1.53 bits per heavy atom. The van der Waals surface area contributed by atoms with Crippen LogP contribution in [0.15, 0.2) is 27.6 Å². The van der Waals surface area contributed by atoms with Crippen molar-refractivity contribution in [1.29, 1.82) is 0 Å². The molecule has 1 rings (SSSR count). The Labute approximate surface area is 120 Å². The van der Waals surface area contributed by atoms with Crippen molar-refractivity contribution in [3.63, 3.8) is 0 Å². The number of nitrogens with two attached hydrogens (primary N) is 1. The summed E-state index contributed by atoms with van der Waals surface area (Å²) < 4.78 is 27.5. The zero-order valence-electron chi connectivity index (χ0n) is 10.5. The molecule has 0 bridgehead atoms. The Morgan fingerprint density at radius 2 is 2.16 bits per heavy atom. The number of ether oxygens (including phenoxy) is 1. The number of hydrogen-bond donors (Lipinski definition) is 2. The molecule has 0 heterocycles. The van der Waals surface area contributed by atoms with Crippen LogP contribution in [0.2, 0.25) is 0 Å². The summed E-state index contributed by atoms with van der Waals surface area (Å²) in [6.45, 7) is 1.83. The quantitative estimate of drug-likeness (QED) is 0.783.